The number of nitrogens with zero attached hydrogens (tertiary/aromatic N) is 3. The third-order valence-corrected chi connectivity index (χ3v) is 6.10. The number of para-hydroxylation sites is 1. The first-order chi connectivity index (χ1) is 14.1. The van der Waals surface area contributed by atoms with Gasteiger partial charge >= 0.3 is 0 Å². The van der Waals surface area contributed by atoms with Crippen molar-refractivity contribution in [3.05, 3.63) is 74.8 Å². The number of aromatic nitrogens is 3. The number of furan rings is 1. The fourth-order valence-corrected chi connectivity index (χ4v) is 4.59. The van der Waals surface area contributed by atoms with E-state index in [9.17, 15) is 9.59 Å². The molecule has 1 aliphatic carbocycles. The van der Waals surface area contributed by atoms with Gasteiger partial charge in [0.2, 0.25) is 5.43 Å². The van der Waals surface area contributed by atoms with Crippen LogP contribution in [0.2, 0.25) is 0 Å². The molecule has 0 radical (unpaired) electrons. The van der Waals surface area contributed by atoms with Crippen LogP contribution in [0.1, 0.15) is 49.6 Å². The first kappa shape index (κ1) is 17.9. The van der Waals surface area contributed by atoms with E-state index in [0.29, 0.717) is 16.8 Å². The van der Waals surface area contributed by atoms with Gasteiger partial charge in [-0.25, -0.2) is 4.98 Å². The van der Waals surface area contributed by atoms with Crippen LogP contribution in [-0.4, -0.2) is 14.1 Å². The monoisotopic (exact) mass is 389 g/mol. The van der Waals surface area contributed by atoms with Crippen molar-refractivity contribution >= 4 is 21.9 Å². The summed E-state index contributed by atoms with van der Waals surface area (Å²) < 4.78 is 9.03. The van der Waals surface area contributed by atoms with Crippen LogP contribution in [0.25, 0.3) is 21.9 Å². The zero-order valence-corrected chi connectivity index (χ0v) is 16.4. The van der Waals surface area contributed by atoms with E-state index in [1.54, 1.807) is 16.9 Å². The molecular formula is C23H23N3O3. The highest BCUT2D eigenvalue weighted by molar-refractivity contribution is 5.91. The maximum atomic E-state index is 13.6. The van der Waals surface area contributed by atoms with Crippen LogP contribution >= 0.6 is 0 Å². The summed E-state index contributed by atoms with van der Waals surface area (Å²) in [6.07, 6.45) is 7.11. The van der Waals surface area contributed by atoms with Crippen molar-refractivity contribution in [3.63, 3.8) is 0 Å². The van der Waals surface area contributed by atoms with Crippen LogP contribution in [0.15, 0.2) is 56.7 Å². The van der Waals surface area contributed by atoms with E-state index in [0.717, 1.165) is 37.0 Å². The molecule has 0 aliphatic heterocycles. The third-order valence-electron chi connectivity index (χ3n) is 6.10. The zero-order valence-electron chi connectivity index (χ0n) is 16.4. The van der Waals surface area contributed by atoms with E-state index >= 15 is 0 Å². The number of benzene rings is 1. The van der Waals surface area contributed by atoms with Crippen molar-refractivity contribution in [2.24, 2.45) is 7.05 Å². The molecule has 3 aromatic heterocycles. The Morgan fingerprint density at radius 3 is 2.62 bits per heavy atom. The van der Waals surface area contributed by atoms with E-state index in [1.165, 1.54) is 6.42 Å². The number of aryl methyl sites for hydroxylation is 1. The highest BCUT2D eigenvalue weighted by Gasteiger charge is 2.25. The lowest BCUT2D eigenvalue weighted by molar-refractivity contribution is 0.404. The Labute approximate surface area is 167 Å². The molecule has 0 unspecified atom stereocenters. The molecule has 148 valence electrons. The zero-order chi connectivity index (χ0) is 20.0. The van der Waals surface area contributed by atoms with Gasteiger partial charge in [-0.2, -0.15) is 0 Å². The highest BCUT2D eigenvalue weighted by Crippen LogP contribution is 2.32. The molecule has 3 heterocycles. The van der Waals surface area contributed by atoms with E-state index in [-0.39, 0.29) is 28.8 Å². The van der Waals surface area contributed by atoms with Gasteiger partial charge in [-0.05, 0) is 37.1 Å². The molecule has 29 heavy (non-hydrogen) atoms. The van der Waals surface area contributed by atoms with Crippen molar-refractivity contribution in [1.82, 2.24) is 14.1 Å². The van der Waals surface area contributed by atoms with Crippen LogP contribution in [-0.2, 0) is 13.6 Å². The summed E-state index contributed by atoms with van der Waals surface area (Å²) >= 11 is 0. The predicted molar refractivity (Wildman–Crippen MR) is 112 cm³/mol. The van der Waals surface area contributed by atoms with E-state index in [1.807, 2.05) is 41.9 Å². The molecule has 5 rings (SSSR count). The lowest BCUT2D eigenvalue weighted by Gasteiger charge is -2.24. The molecule has 4 aromatic rings. The van der Waals surface area contributed by atoms with Crippen molar-refractivity contribution in [2.75, 3.05) is 0 Å². The van der Waals surface area contributed by atoms with Crippen LogP contribution in [0.3, 0.4) is 0 Å². The molecular weight excluding hydrogens is 366 g/mol. The lowest BCUT2D eigenvalue weighted by Crippen LogP contribution is -2.32. The molecule has 1 fully saturated rings. The molecule has 0 saturated heterocycles. The van der Waals surface area contributed by atoms with Gasteiger partial charge in [-0.1, -0.05) is 31.4 Å². The maximum Gasteiger partial charge on any atom is 0.267 e. The molecule has 1 saturated carbocycles. The molecule has 0 bridgehead atoms. The first-order valence-electron chi connectivity index (χ1n) is 10.2. The Kier molecular flexibility index (Phi) is 4.34. The summed E-state index contributed by atoms with van der Waals surface area (Å²) in [7, 11) is 1.87. The predicted octanol–water partition coefficient (Wildman–Crippen LogP) is 3.94. The molecule has 6 heteroatoms. The minimum Gasteiger partial charge on any atom is -0.467 e. The minimum atomic E-state index is -0.279. The molecule has 0 atom stereocenters. The van der Waals surface area contributed by atoms with Gasteiger partial charge in [0.1, 0.15) is 17.0 Å². The number of pyridine rings is 1. The van der Waals surface area contributed by atoms with E-state index in [2.05, 4.69) is 0 Å². The number of hydrogen-bond donors (Lipinski definition) is 0. The van der Waals surface area contributed by atoms with Crippen molar-refractivity contribution in [1.29, 1.82) is 0 Å². The fraction of sp³-hybridized carbons (Fsp3) is 0.348. The Bertz CT molecular complexity index is 1310. The van der Waals surface area contributed by atoms with Crippen molar-refractivity contribution in [2.45, 2.75) is 44.6 Å². The summed E-state index contributed by atoms with van der Waals surface area (Å²) in [6, 6.07) is 11.0. The third kappa shape index (κ3) is 2.90. The molecule has 1 aromatic carbocycles. The number of hydrogen-bond acceptors (Lipinski definition) is 4. The van der Waals surface area contributed by atoms with E-state index in [4.69, 9.17) is 9.40 Å². The maximum absolute atomic E-state index is 13.6. The Balaban J connectivity index is 1.85. The Morgan fingerprint density at radius 1 is 1.07 bits per heavy atom. The Morgan fingerprint density at radius 2 is 1.86 bits per heavy atom. The number of rotatable bonds is 3. The summed E-state index contributed by atoms with van der Waals surface area (Å²) in [5.41, 5.74) is 0.721. The van der Waals surface area contributed by atoms with Crippen LogP contribution in [0, 0.1) is 0 Å². The van der Waals surface area contributed by atoms with Gasteiger partial charge in [0.25, 0.3) is 5.56 Å². The van der Waals surface area contributed by atoms with Crippen molar-refractivity contribution < 1.29 is 4.42 Å². The summed E-state index contributed by atoms with van der Waals surface area (Å²) in [5.74, 6) is 1.67. The van der Waals surface area contributed by atoms with Crippen LogP contribution in [0.5, 0.6) is 0 Å². The normalized spacial score (nSPS) is 15.3. The second-order valence-electron chi connectivity index (χ2n) is 7.88. The van der Waals surface area contributed by atoms with Crippen LogP contribution < -0.4 is 11.0 Å². The van der Waals surface area contributed by atoms with Crippen LogP contribution in [0.4, 0.5) is 0 Å². The van der Waals surface area contributed by atoms with Gasteiger partial charge in [0, 0.05) is 18.4 Å². The van der Waals surface area contributed by atoms with Gasteiger partial charge < -0.3 is 8.98 Å². The highest BCUT2D eigenvalue weighted by atomic mass is 16.3. The molecule has 1 aliphatic rings. The summed E-state index contributed by atoms with van der Waals surface area (Å²) in [6.45, 7) is 0.288. The lowest BCUT2D eigenvalue weighted by atomic mass is 9.88. The summed E-state index contributed by atoms with van der Waals surface area (Å²) in [4.78, 5) is 31.8. The molecule has 0 spiro atoms. The largest absolute Gasteiger partial charge is 0.467 e. The molecule has 0 N–H and O–H groups in total. The second-order valence-corrected chi connectivity index (χ2v) is 7.88. The topological polar surface area (TPSA) is 70.0 Å². The molecule has 0 amide bonds. The quantitative estimate of drug-likeness (QED) is 0.498. The minimum absolute atomic E-state index is 0.150. The standard InChI is InChI=1S/C23H23N3O3/c1-25-18-12-6-5-11-17(18)20(27)19-22(25)24-21(15-8-3-2-4-9-15)26(23(19)28)14-16-10-7-13-29-16/h5-7,10-13,15H,2-4,8-9,14H2,1H3. The number of fused-ring (bicyclic) bond motifs is 2. The second kappa shape index (κ2) is 7.03. The first-order valence-corrected chi connectivity index (χ1v) is 10.2. The average Bonchev–Trinajstić information content (AvgIpc) is 3.27. The van der Waals surface area contributed by atoms with Gasteiger partial charge in [0.05, 0.1) is 18.3 Å². The average molecular weight is 389 g/mol. The van der Waals surface area contributed by atoms with Gasteiger partial charge in [-0.15, -0.1) is 0 Å². The Hall–Kier alpha value is -3.15. The van der Waals surface area contributed by atoms with Gasteiger partial charge in [-0.3, -0.25) is 14.2 Å². The van der Waals surface area contributed by atoms with Gasteiger partial charge in [0.15, 0.2) is 5.65 Å². The summed E-state index contributed by atoms with van der Waals surface area (Å²) in [5, 5.41) is 0.689. The fourth-order valence-electron chi connectivity index (χ4n) is 4.59. The smallest absolute Gasteiger partial charge is 0.267 e. The van der Waals surface area contributed by atoms with Crippen molar-refractivity contribution in [3.8, 4) is 0 Å². The molecule has 6 nitrogen and oxygen atoms in total. The van der Waals surface area contributed by atoms with E-state index < -0.39 is 0 Å². The SMILES string of the molecule is Cn1c2ccccc2c(=O)c2c(=O)n(Cc3ccco3)c(C3CCCCC3)nc21.